The average Bonchev–Trinajstić information content (AvgIpc) is 3.25. The SMILES string of the molecule is COc1ccc(Br)cc1COC(=O)c1ccc(Cn2cccn2)o1. The Labute approximate surface area is 147 Å². The highest BCUT2D eigenvalue weighted by Gasteiger charge is 2.14. The lowest BCUT2D eigenvalue weighted by Gasteiger charge is -2.09. The monoisotopic (exact) mass is 390 g/mol. The van der Waals surface area contributed by atoms with E-state index in [4.69, 9.17) is 13.9 Å². The number of benzene rings is 1. The number of halogens is 1. The van der Waals surface area contributed by atoms with Crippen LogP contribution < -0.4 is 4.74 Å². The molecule has 7 heteroatoms. The summed E-state index contributed by atoms with van der Waals surface area (Å²) in [7, 11) is 1.57. The van der Waals surface area contributed by atoms with Gasteiger partial charge in [0.2, 0.25) is 5.76 Å². The minimum atomic E-state index is -0.524. The maximum atomic E-state index is 12.1. The summed E-state index contributed by atoms with van der Waals surface area (Å²) in [5.41, 5.74) is 0.767. The van der Waals surface area contributed by atoms with Gasteiger partial charge in [-0.1, -0.05) is 15.9 Å². The van der Waals surface area contributed by atoms with Gasteiger partial charge in [-0.05, 0) is 36.4 Å². The van der Waals surface area contributed by atoms with Crippen molar-refractivity contribution in [1.29, 1.82) is 0 Å². The molecule has 1 aromatic carbocycles. The number of methoxy groups -OCH3 is 1. The topological polar surface area (TPSA) is 66.5 Å². The molecule has 0 fully saturated rings. The fraction of sp³-hybridized carbons (Fsp3) is 0.176. The van der Waals surface area contributed by atoms with Crippen LogP contribution in [0.3, 0.4) is 0 Å². The van der Waals surface area contributed by atoms with Gasteiger partial charge < -0.3 is 13.9 Å². The second kappa shape index (κ2) is 7.35. The summed E-state index contributed by atoms with van der Waals surface area (Å²) in [6, 6.07) is 10.7. The Morgan fingerprint density at radius 1 is 1.33 bits per heavy atom. The summed E-state index contributed by atoms with van der Waals surface area (Å²) in [5.74, 6) is 0.922. The molecule has 2 aromatic heterocycles. The number of hydrogen-bond acceptors (Lipinski definition) is 5. The van der Waals surface area contributed by atoms with Crippen molar-refractivity contribution in [1.82, 2.24) is 9.78 Å². The van der Waals surface area contributed by atoms with Crippen molar-refractivity contribution in [3.63, 3.8) is 0 Å². The third kappa shape index (κ3) is 3.86. The van der Waals surface area contributed by atoms with E-state index in [0.29, 0.717) is 18.1 Å². The van der Waals surface area contributed by atoms with E-state index in [-0.39, 0.29) is 12.4 Å². The van der Waals surface area contributed by atoms with Gasteiger partial charge in [0.1, 0.15) is 18.1 Å². The third-order valence-electron chi connectivity index (χ3n) is 3.34. The lowest BCUT2D eigenvalue weighted by atomic mass is 10.2. The second-order valence-corrected chi connectivity index (χ2v) is 5.92. The molecule has 3 rings (SSSR count). The van der Waals surface area contributed by atoms with Crippen molar-refractivity contribution in [2.24, 2.45) is 0 Å². The average molecular weight is 391 g/mol. The first-order valence-corrected chi connectivity index (χ1v) is 8.00. The first-order valence-electron chi connectivity index (χ1n) is 7.21. The summed E-state index contributed by atoms with van der Waals surface area (Å²) >= 11 is 3.39. The number of aromatic nitrogens is 2. The Morgan fingerprint density at radius 2 is 2.21 bits per heavy atom. The van der Waals surface area contributed by atoms with Gasteiger partial charge >= 0.3 is 5.97 Å². The van der Waals surface area contributed by atoms with E-state index in [1.807, 2.05) is 30.5 Å². The van der Waals surface area contributed by atoms with E-state index in [2.05, 4.69) is 21.0 Å². The molecule has 2 heterocycles. The molecule has 124 valence electrons. The number of carbonyl (C=O) groups is 1. The zero-order chi connectivity index (χ0) is 16.9. The molecule has 0 saturated carbocycles. The maximum Gasteiger partial charge on any atom is 0.374 e. The number of carbonyl (C=O) groups excluding carboxylic acids is 1. The van der Waals surface area contributed by atoms with Crippen molar-refractivity contribution in [3.8, 4) is 5.75 Å². The van der Waals surface area contributed by atoms with Gasteiger partial charge in [-0.3, -0.25) is 4.68 Å². The number of ether oxygens (including phenoxy) is 2. The van der Waals surface area contributed by atoms with E-state index >= 15 is 0 Å². The quantitative estimate of drug-likeness (QED) is 0.600. The fourth-order valence-corrected chi connectivity index (χ4v) is 2.61. The number of esters is 1. The van der Waals surface area contributed by atoms with Gasteiger partial charge in [0.05, 0.1) is 13.7 Å². The van der Waals surface area contributed by atoms with Gasteiger partial charge in [-0.25, -0.2) is 4.79 Å². The summed E-state index contributed by atoms with van der Waals surface area (Å²) in [4.78, 5) is 12.1. The summed E-state index contributed by atoms with van der Waals surface area (Å²) in [6.45, 7) is 0.552. The van der Waals surface area contributed by atoms with Gasteiger partial charge in [0, 0.05) is 22.4 Å². The fourth-order valence-electron chi connectivity index (χ4n) is 2.20. The molecular formula is C17H15BrN2O4. The Balaban J connectivity index is 1.63. The molecule has 0 aliphatic heterocycles. The first-order chi connectivity index (χ1) is 11.7. The maximum absolute atomic E-state index is 12.1. The highest BCUT2D eigenvalue weighted by atomic mass is 79.9. The van der Waals surface area contributed by atoms with Crippen LogP contribution in [-0.4, -0.2) is 22.9 Å². The Morgan fingerprint density at radius 3 is 2.96 bits per heavy atom. The number of hydrogen-bond donors (Lipinski definition) is 0. The van der Waals surface area contributed by atoms with Crippen LogP contribution in [0, 0.1) is 0 Å². The van der Waals surface area contributed by atoms with Crippen LogP contribution in [0.5, 0.6) is 5.75 Å². The van der Waals surface area contributed by atoms with Crippen molar-refractivity contribution in [3.05, 3.63) is 70.3 Å². The van der Waals surface area contributed by atoms with Crippen molar-refractivity contribution >= 4 is 21.9 Å². The van der Waals surface area contributed by atoms with Gasteiger partial charge in [-0.2, -0.15) is 5.10 Å². The van der Waals surface area contributed by atoms with E-state index < -0.39 is 5.97 Å². The molecule has 6 nitrogen and oxygen atoms in total. The van der Waals surface area contributed by atoms with Crippen LogP contribution in [0.15, 0.2) is 57.7 Å². The van der Waals surface area contributed by atoms with Crippen molar-refractivity contribution in [2.45, 2.75) is 13.2 Å². The van der Waals surface area contributed by atoms with Gasteiger partial charge in [-0.15, -0.1) is 0 Å². The first kappa shape index (κ1) is 16.3. The zero-order valence-electron chi connectivity index (χ0n) is 12.9. The molecule has 0 atom stereocenters. The lowest BCUT2D eigenvalue weighted by Crippen LogP contribution is -2.05. The Hall–Kier alpha value is -2.54. The molecule has 0 aliphatic carbocycles. The summed E-state index contributed by atoms with van der Waals surface area (Å²) < 4.78 is 18.7. The minimum absolute atomic E-state index is 0.0939. The minimum Gasteiger partial charge on any atom is -0.496 e. The van der Waals surface area contributed by atoms with Crippen LogP contribution in [0.4, 0.5) is 0 Å². The molecule has 0 radical (unpaired) electrons. The standard InChI is InChI=1S/C17H15BrN2O4/c1-22-15-5-3-13(18)9-12(15)11-23-17(21)16-6-4-14(24-16)10-20-8-2-7-19-20/h2-9H,10-11H2,1H3. The summed E-state index contributed by atoms with van der Waals surface area (Å²) in [5, 5.41) is 4.09. The molecule has 0 unspecified atom stereocenters. The number of furan rings is 1. The van der Waals surface area contributed by atoms with Crippen molar-refractivity contribution in [2.75, 3.05) is 7.11 Å². The van der Waals surface area contributed by atoms with E-state index in [1.54, 1.807) is 30.1 Å². The van der Waals surface area contributed by atoms with Crippen LogP contribution in [0.2, 0.25) is 0 Å². The molecule has 24 heavy (non-hydrogen) atoms. The Bertz CT molecular complexity index is 827. The van der Waals surface area contributed by atoms with E-state index in [9.17, 15) is 4.79 Å². The number of nitrogens with zero attached hydrogens (tertiary/aromatic N) is 2. The van der Waals surface area contributed by atoms with E-state index in [0.717, 1.165) is 10.0 Å². The highest BCUT2D eigenvalue weighted by molar-refractivity contribution is 9.10. The predicted molar refractivity (Wildman–Crippen MR) is 89.9 cm³/mol. The number of rotatable bonds is 6. The second-order valence-electron chi connectivity index (χ2n) is 5.00. The van der Waals surface area contributed by atoms with Crippen molar-refractivity contribution < 1.29 is 18.7 Å². The summed E-state index contributed by atoms with van der Waals surface area (Å²) in [6.07, 6.45) is 3.50. The largest absolute Gasteiger partial charge is 0.496 e. The van der Waals surface area contributed by atoms with Crippen LogP contribution >= 0.6 is 15.9 Å². The normalized spacial score (nSPS) is 10.6. The van der Waals surface area contributed by atoms with Crippen LogP contribution in [0.25, 0.3) is 0 Å². The van der Waals surface area contributed by atoms with Gasteiger partial charge in [0.15, 0.2) is 0 Å². The van der Waals surface area contributed by atoms with E-state index in [1.165, 1.54) is 0 Å². The van der Waals surface area contributed by atoms with Crippen LogP contribution in [0.1, 0.15) is 21.9 Å². The molecule has 0 aliphatic rings. The highest BCUT2D eigenvalue weighted by Crippen LogP contribution is 2.24. The smallest absolute Gasteiger partial charge is 0.374 e. The predicted octanol–water partition coefficient (Wildman–Crippen LogP) is 3.65. The Kier molecular flexibility index (Phi) is 5.00. The lowest BCUT2D eigenvalue weighted by molar-refractivity contribution is 0.0431. The molecule has 0 spiro atoms. The van der Waals surface area contributed by atoms with Crippen LogP contribution in [-0.2, 0) is 17.9 Å². The third-order valence-corrected chi connectivity index (χ3v) is 3.83. The molecule has 0 N–H and O–H groups in total. The molecule has 0 bridgehead atoms. The molecule has 0 amide bonds. The van der Waals surface area contributed by atoms with Gasteiger partial charge in [0.25, 0.3) is 0 Å². The molecule has 3 aromatic rings. The zero-order valence-corrected chi connectivity index (χ0v) is 14.5. The molecule has 0 saturated heterocycles. The molecular weight excluding hydrogens is 376 g/mol.